The fourth-order valence-corrected chi connectivity index (χ4v) is 5.81. The summed E-state index contributed by atoms with van der Waals surface area (Å²) in [5.41, 5.74) is 5.29. The lowest BCUT2D eigenvalue weighted by molar-refractivity contribution is -0.161. The van der Waals surface area contributed by atoms with E-state index in [2.05, 4.69) is 6.92 Å². The van der Waals surface area contributed by atoms with E-state index in [-0.39, 0.29) is 32.6 Å². The van der Waals surface area contributed by atoms with Gasteiger partial charge in [-0.15, -0.1) is 0 Å². The molecule has 0 bridgehead atoms. The van der Waals surface area contributed by atoms with Crippen molar-refractivity contribution < 1.29 is 37.6 Å². The Hall–Kier alpha value is -0.990. The molecule has 0 saturated carbocycles. The Bertz CT molecular complexity index is 709. The first-order chi connectivity index (χ1) is 21.3. The molecular weight excluding hydrogens is 581 g/mol. The predicted octanol–water partition coefficient (Wildman–Crippen LogP) is 9.33. The van der Waals surface area contributed by atoms with Crippen LogP contribution in [0.15, 0.2) is 0 Å². The molecule has 0 aromatic rings. The SMILES string of the molecule is CCCCCCCCCCCCCCCCCCCCCCC(=O)OC(COC(=O)CCCCC)COP(=O)(O)OCCN. The Labute approximate surface area is 269 Å². The van der Waals surface area contributed by atoms with Crippen molar-refractivity contribution >= 4 is 19.8 Å². The van der Waals surface area contributed by atoms with E-state index >= 15 is 0 Å². The maximum absolute atomic E-state index is 12.4. The molecule has 262 valence electrons. The van der Waals surface area contributed by atoms with E-state index < -0.39 is 32.5 Å². The number of hydrogen-bond acceptors (Lipinski definition) is 8. The average molecular weight is 650 g/mol. The summed E-state index contributed by atoms with van der Waals surface area (Å²) >= 11 is 0. The van der Waals surface area contributed by atoms with E-state index in [1.54, 1.807) is 0 Å². The number of unbranched alkanes of at least 4 members (excludes halogenated alkanes) is 21. The van der Waals surface area contributed by atoms with Gasteiger partial charge in [0.2, 0.25) is 0 Å². The summed E-state index contributed by atoms with van der Waals surface area (Å²) in [6.45, 7) is 3.55. The first-order valence-corrected chi connectivity index (χ1v) is 19.5. The summed E-state index contributed by atoms with van der Waals surface area (Å²) in [6, 6.07) is 0. The lowest BCUT2D eigenvalue weighted by atomic mass is 10.0. The number of esters is 2. The molecule has 10 heteroatoms. The molecule has 0 spiro atoms. The maximum atomic E-state index is 12.4. The number of nitrogens with two attached hydrogens (primary N) is 1. The minimum atomic E-state index is -4.35. The van der Waals surface area contributed by atoms with Crippen LogP contribution in [0.3, 0.4) is 0 Å². The van der Waals surface area contributed by atoms with Crippen LogP contribution in [-0.2, 0) is 32.7 Å². The molecule has 0 aromatic carbocycles. The molecule has 0 aromatic heterocycles. The summed E-state index contributed by atoms with van der Waals surface area (Å²) in [7, 11) is -4.35. The van der Waals surface area contributed by atoms with Gasteiger partial charge in [0.05, 0.1) is 13.2 Å². The molecule has 0 rings (SSSR count). The van der Waals surface area contributed by atoms with Gasteiger partial charge in [0.1, 0.15) is 6.61 Å². The number of phosphoric ester groups is 1. The highest BCUT2D eigenvalue weighted by Crippen LogP contribution is 2.43. The molecule has 9 nitrogen and oxygen atoms in total. The largest absolute Gasteiger partial charge is 0.472 e. The monoisotopic (exact) mass is 649 g/mol. The summed E-state index contributed by atoms with van der Waals surface area (Å²) in [6.07, 6.45) is 28.0. The third-order valence-electron chi connectivity index (χ3n) is 7.74. The van der Waals surface area contributed by atoms with Crippen LogP contribution in [-0.4, -0.2) is 49.3 Å². The molecule has 3 N–H and O–H groups in total. The van der Waals surface area contributed by atoms with Gasteiger partial charge in [-0.3, -0.25) is 18.6 Å². The molecule has 0 aliphatic heterocycles. The maximum Gasteiger partial charge on any atom is 0.472 e. The van der Waals surface area contributed by atoms with Crippen molar-refractivity contribution in [3.8, 4) is 0 Å². The average Bonchev–Trinajstić information content (AvgIpc) is 3.00. The van der Waals surface area contributed by atoms with E-state index in [1.165, 1.54) is 109 Å². The van der Waals surface area contributed by atoms with Gasteiger partial charge in [-0.05, 0) is 12.8 Å². The van der Waals surface area contributed by atoms with Crippen LogP contribution < -0.4 is 5.73 Å². The topological polar surface area (TPSA) is 134 Å². The van der Waals surface area contributed by atoms with E-state index in [0.29, 0.717) is 12.8 Å². The van der Waals surface area contributed by atoms with Crippen molar-refractivity contribution in [1.82, 2.24) is 0 Å². The smallest absolute Gasteiger partial charge is 0.462 e. The zero-order chi connectivity index (χ0) is 32.6. The second-order valence-corrected chi connectivity index (χ2v) is 13.6. The first-order valence-electron chi connectivity index (χ1n) is 18.0. The Balaban J connectivity index is 3.90. The number of ether oxygens (including phenoxy) is 2. The minimum Gasteiger partial charge on any atom is -0.462 e. The van der Waals surface area contributed by atoms with Crippen molar-refractivity contribution in [2.24, 2.45) is 5.73 Å². The Kier molecular flexibility index (Phi) is 31.3. The van der Waals surface area contributed by atoms with Crippen LogP contribution in [0.1, 0.15) is 174 Å². The number of hydrogen-bond donors (Lipinski definition) is 2. The quantitative estimate of drug-likeness (QED) is 0.0397. The van der Waals surface area contributed by atoms with Crippen LogP contribution in [0.25, 0.3) is 0 Å². The highest BCUT2D eigenvalue weighted by molar-refractivity contribution is 7.47. The van der Waals surface area contributed by atoms with Crippen molar-refractivity contribution in [2.75, 3.05) is 26.4 Å². The van der Waals surface area contributed by atoms with Crippen molar-refractivity contribution in [1.29, 1.82) is 0 Å². The summed E-state index contributed by atoms with van der Waals surface area (Å²) in [4.78, 5) is 34.1. The van der Waals surface area contributed by atoms with Crippen LogP contribution >= 0.6 is 7.82 Å². The second kappa shape index (κ2) is 32.0. The van der Waals surface area contributed by atoms with Gasteiger partial charge in [0.25, 0.3) is 0 Å². The van der Waals surface area contributed by atoms with Gasteiger partial charge < -0.3 is 20.1 Å². The molecule has 0 aliphatic rings. The fourth-order valence-electron chi connectivity index (χ4n) is 5.05. The summed E-state index contributed by atoms with van der Waals surface area (Å²) < 4.78 is 32.2. The van der Waals surface area contributed by atoms with E-state index in [9.17, 15) is 19.0 Å². The summed E-state index contributed by atoms with van der Waals surface area (Å²) in [5, 5.41) is 0. The van der Waals surface area contributed by atoms with Crippen molar-refractivity contribution in [2.45, 2.75) is 180 Å². The van der Waals surface area contributed by atoms with Gasteiger partial charge in [-0.2, -0.15) is 0 Å². The normalized spacial score (nSPS) is 13.5. The molecule has 0 heterocycles. The molecule has 2 unspecified atom stereocenters. The van der Waals surface area contributed by atoms with Gasteiger partial charge in [-0.1, -0.05) is 149 Å². The number of phosphoric acid groups is 1. The fraction of sp³-hybridized carbons (Fsp3) is 0.941. The molecule has 0 saturated heterocycles. The van der Waals surface area contributed by atoms with E-state index in [0.717, 1.165) is 25.7 Å². The van der Waals surface area contributed by atoms with Crippen molar-refractivity contribution in [3.05, 3.63) is 0 Å². The van der Waals surface area contributed by atoms with Crippen molar-refractivity contribution in [3.63, 3.8) is 0 Å². The number of carbonyl (C=O) groups excluding carboxylic acids is 2. The second-order valence-electron chi connectivity index (χ2n) is 12.1. The molecular formula is C34H68NO8P. The zero-order valence-electron chi connectivity index (χ0n) is 28.4. The number of rotatable bonds is 34. The van der Waals surface area contributed by atoms with Crippen LogP contribution in [0.2, 0.25) is 0 Å². The molecule has 0 amide bonds. The van der Waals surface area contributed by atoms with E-state index in [1.807, 2.05) is 6.92 Å². The first kappa shape index (κ1) is 43.0. The van der Waals surface area contributed by atoms with Crippen LogP contribution in [0.5, 0.6) is 0 Å². The van der Waals surface area contributed by atoms with Gasteiger partial charge >= 0.3 is 19.8 Å². The van der Waals surface area contributed by atoms with Gasteiger partial charge in [0.15, 0.2) is 6.10 Å². The number of carbonyl (C=O) groups is 2. The molecule has 44 heavy (non-hydrogen) atoms. The Morgan fingerprint density at radius 3 is 1.43 bits per heavy atom. The van der Waals surface area contributed by atoms with Crippen LogP contribution in [0, 0.1) is 0 Å². The van der Waals surface area contributed by atoms with Crippen LogP contribution in [0.4, 0.5) is 0 Å². The van der Waals surface area contributed by atoms with E-state index in [4.69, 9.17) is 24.3 Å². The Morgan fingerprint density at radius 2 is 0.977 bits per heavy atom. The lowest BCUT2D eigenvalue weighted by Gasteiger charge is -2.19. The molecule has 0 aliphatic carbocycles. The predicted molar refractivity (Wildman–Crippen MR) is 178 cm³/mol. The van der Waals surface area contributed by atoms with Gasteiger partial charge in [-0.25, -0.2) is 4.57 Å². The molecule has 2 atom stereocenters. The molecule has 0 radical (unpaired) electrons. The third kappa shape index (κ3) is 31.0. The molecule has 0 fully saturated rings. The minimum absolute atomic E-state index is 0.0567. The highest BCUT2D eigenvalue weighted by Gasteiger charge is 2.25. The summed E-state index contributed by atoms with van der Waals surface area (Å²) in [5.74, 6) is -0.848. The third-order valence-corrected chi connectivity index (χ3v) is 8.73. The zero-order valence-corrected chi connectivity index (χ0v) is 29.3. The standard InChI is InChI=1S/C34H68NO8P/c1-3-5-7-8-9-10-11-12-13-14-15-16-17-18-19-20-21-22-23-25-27-34(37)43-32(30-40-33(36)26-24-6-4-2)31-42-44(38,39)41-29-28-35/h32H,3-31,35H2,1-2H3,(H,38,39). The Morgan fingerprint density at radius 1 is 0.591 bits per heavy atom. The lowest BCUT2D eigenvalue weighted by Crippen LogP contribution is -2.29. The highest BCUT2D eigenvalue weighted by atomic mass is 31.2. The van der Waals surface area contributed by atoms with Gasteiger partial charge in [0, 0.05) is 19.4 Å².